The highest BCUT2D eigenvalue weighted by Gasteiger charge is 2.06. The monoisotopic (exact) mass is 305 g/mol. The van der Waals surface area contributed by atoms with Crippen LogP contribution in [0.25, 0.3) is 29.3 Å². The molecule has 114 valence electrons. The molecule has 23 heavy (non-hydrogen) atoms. The van der Waals surface area contributed by atoms with Crippen LogP contribution in [0.4, 0.5) is 0 Å². The van der Waals surface area contributed by atoms with Gasteiger partial charge in [0.05, 0.1) is 0 Å². The van der Waals surface area contributed by atoms with Gasteiger partial charge in [-0.1, -0.05) is 6.07 Å². The molecule has 0 bridgehead atoms. The van der Waals surface area contributed by atoms with Crippen molar-refractivity contribution in [1.29, 1.82) is 0 Å². The van der Waals surface area contributed by atoms with Crippen molar-refractivity contribution in [2.24, 2.45) is 0 Å². The molecule has 0 amide bonds. The van der Waals surface area contributed by atoms with Gasteiger partial charge in [-0.15, -0.1) is 5.10 Å². The van der Waals surface area contributed by atoms with E-state index in [2.05, 4.69) is 20.1 Å². The fourth-order valence-electron chi connectivity index (χ4n) is 2.40. The van der Waals surface area contributed by atoms with Gasteiger partial charge in [-0.25, -0.2) is 14.5 Å². The van der Waals surface area contributed by atoms with Crippen molar-refractivity contribution in [3.8, 4) is 11.5 Å². The number of hydrogen-bond donors (Lipinski definition) is 1. The number of aromatic amines is 1. The molecule has 0 fully saturated rings. The number of hydrogen-bond acceptors (Lipinski definition) is 4. The van der Waals surface area contributed by atoms with E-state index >= 15 is 0 Å². The molecule has 4 heterocycles. The third-order valence-electron chi connectivity index (χ3n) is 3.55. The number of nitrogens with one attached hydrogen (secondary N) is 1. The van der Waals surface area contributed by atoms with Gasteiger partial charge in [-0.2, -0.15) is 0 Å². The summed E-state index contributed by atoms with van der Waals surface area (Å²) in [5.41, 5.74) is 2.65. The van der Waals surface area contributed by atoms with Crippen LogP contribution in [0.5, 0.6) is 0 Å². The molecule has 0 aliphatic rings. The zero-order valence-electron chi connectivity index (χ0n) is 12.8. The first kappa shape index (κ1) is 13.5. The maximum atomic E-state index is 5.56. The summed E-state index contributed by atoms with van der Waals surface area (Å²) >= 11 is 0. The average Bonchev–Trinajstić information content (AvgIpc) is 3.23. The molecule has 0 spiro atoms. The van der Waals surface area contributed by atoms with Crippen LogP contribution in [0.2, 0.25) is 0 Å². The Morgan fingerprint density at radius 3 is 2.78 bits per heavy atom. The molecule has 0 atom stereocenters. The molecular weight excluding hydrogens is 290 g/mol. The molecule has 0 aliphatic heterocycles. The zero-order chi connectivity index (χ0) is 15.8. The van der Waals surface area contributed by atoms with Gasteiger partial charge >= 0.3 is 0 Å². The summed E-state index contributed by atoms with van der Waals surface area (Å²) < 4.78 is 7.38. The molecule has 0 saturated carbocycles. The van der Waals surface area contributed by atoms with Crippen LogP contribution in [0.15, 0.2) is 40.9 Å². The summed E-state index contributed by atoms with van der Waals surface area (Å²) in [4.78, 5) is 12.1. The summed E-state index contributed by atoms with van der Waals surface area (Å²) in [6.07, 6.45) is 5.50. The topological polar surface area (TPSA) is 72.0 Å². The van der Waals surface area contributed by atoms with Gasteiger partial charge in [0.1, 0.15) is 17.3 Å². The van der Waals surface area contributed by atoms with Crippen LogP contribution in [-0.2, 0) is 0 Å². The number of aryl methyl sites for hydroxylation is 2. The molecule has 4 aromatic rings. The zero-order valence-corrected chi connectivity index (χ0v) is 12.8. The fraction of sp³-hybridized carbons (Fsp3) is 0.118. The third kappa shape index (κ3) is 2.55. The maximum absolute atomic E-state index is 5.56. The lowest BCUT2D eigenvalue weighted by Gasteiger charge is -1.93. The maximum Gasteiger partial charge on any atom is 0.175 e. The lowest BCUT2D eigenvalue weighted by atomic mass is 10.3. The highest BCUT2D eigenvalue weighted by Crippen LogP contribution is 2.20. The second-order valence-corrected chi connectivity index (χ2v) is 5.32. The lowest BCUT2D eigenvalue weighted by molar-refractivity contribution is 0.546. The molecule has 6 nitrogen and oxygen atoms in total. The number of furan rings is 1. The van der Waals surface area contributed by atoms with E-state index in [0.717, 1.165) is 34.4 Å². The Morgan fingerprint density at radius 1 is 1.09 bits per heavy atom. The second-order valence-electron chi connectivity index (χ2n) is 5.32. The van der Waals surface area contributed by atoms with E-state index in [4.69, 9.17) is 4.42 Å². The number of fused-ring (bicyclic) bond motifs is 1. The first-order chi connectivity index (χ1) is 11.2. The van der Waals surface area contributed by atoms with Crippen LogP contribution in [0, 0.1) is 13.8 Å². The smallest absolute Gasteiger partial charge is 0.175 e. The Morgan fingerprint density at radius 2 is 2.00 bits per heavy atom. The predicted molar refractivity (Wildman–Crippen MR) is 87.7 cm³/mol. The van der Waals surface area contributed by atoms with Crippen LogP contribution < -0.4 is 0 Å². The van der Waals surface area contributed by atoms with Gasteiger partial charge in [0.15, 0.2) is 17.2 Å². The Labute approximate surface area is 132 Å². The van der Waals surface area contributed by atoms with E-state index < -0.39 is 0 Å². The average molecular weight is 305 g/mol. The molecule has 1 N–H and O–H groups in total. The molecule has 0 saturated heterocycles. The molecule has 0 aliphatic carbocycles. The quantitative estimate of drug-likeness (QED) is 0.629. The Balaban J connectivity index is 1.60. The molecule has 4 aromatic heterocycles. The molecule has 6 heteroatoms. The van der Waals surface area contributed by atoms with E-state index in [1.165, 1.54) is 0 Å². The van der Waals surface area contributed by atoms with Crippen molar-refractivity contribution >= 4 is 17.8 Å². The number of pyridine rings is 1. The van der Waals surface area contributed by atoms with E-state index in [-0.39, 0.29) is 0 Å². The van der Waals surface area contributed by atoms with Crippen LogP contribution in [0.1, 0.15) is 23.1 Å². The van der Waals surface area contributed by atoms with Crippen LogP contribution >= 0.6 is 0 Å². The number of H-pyrrole nitrogens is 1. The molecule has 0 aromatic carbocycles. The lowest BCUT2D eigenvalue weighted by Crippen LogP contribution is -1.91. The van der Waals surface area contributed by atoms with E-state index in [1.54, 1.807) is 0 Å². The van der Waals surface area contributed by atoms with Crippen molar-refractivity contribution in [1.82, 2.24) is 24.6 Å². The molecular formula is C17H15N5O. The van der Waals surface area contributed by atoms with Gasteiger partial charge in [-0.05, 0) is 50.3 Å². The Bertz CT molecular complexity index is 1010. The minimum atomic E-state index is 0.645. The fourth-order valence-corrected chi connectivity index (χ4v) is 2.40. The SMILES string of the molecule is Cc1ccc(-c2c[nH]c(C=Cc3nc4cccc(C)n4n3)n2)o1. The molecule has 4 rings (SSSR count). The largest absolute Gasteiger partial charge is 0.460 e. The Hall–Kier alpha value is -3.15. The number of imidazole rings is 1. The van der Waals surface area contributed by atoms with Crippen molar-refractivity contribution < 1.29 is 4.42 Å². The van der Waals surface area contributed by atoms with Crippen LogP contribution in [-0.4, -0.2) is 24.6 Å². The van der Waals surface area contributed by atoms with Crippen LogP contribution in [0.3, 0.4) is 0 Å². The van der Waals surface area contributed by atoms with E-state index in [9.17, 15) is 0 Å². The van der Waals surface area contributed by atoms with Gasteiger partial charge in [0.25, 0.3) is 0 Å². The van der Waals surface area contributed by atoms with Gasteiger partial charge in [0.2, 0.25) is 0 Å². The molecule has 0 unspecified atom stereocenters. The standard InChI is InChI=1S/C17H15N5O/c1-11-4-3-5-17-20-16(21-22(11)17)9-8-15-18-10-13(19-15)14-7-6-12(2)23-14/h3-10H,1-2H3,(H,18,19). The molecule has 0 radical (unpaired) electrons. The highest BCUT2D eigenvalue weighted by molar-refractivity contribution is 5.65. The van der Waals surface area contributed by atoms with E-state index in [1.807, 2.05) is 67.0 Å². The third-order valence-corrected chi connectivity index (χ3v) is 3.55. The minimum absolute atomic E-state index is 0.645. The summed E-state index contributed by atoms with van der Waals surface area (Å²) in [5.74, 6) is 2.99. The van der Waals surface area contributed by atoms with Crippen molar-refractivity contribution in [3.63, 3.8) is 0 Å². The summed E-state index contributed by atoms with van der Waals surface area (Å²) in [7, 11) is 0. The van der Waals surface area contributed by atoms with Gasteiger partial charge in [0, 0.05) is 11.9 Å². The van der Waals surface area contributed by atoms with Crippen molar-refractivity contribution in [3.05, 3.63) is 59.6 Å². The summed E-state index contributed by atoms with van der Waals surface area (Å²) in [6, 6.07) is 9.73. The predicted octanol–water partition coefficient (Wildman–Crippen LogP) is 3.50. The first-order valence-electron chi connectivity index (χ1n) is 7.32. The van der Waals surface area contributed by atoms with Gasteiger partial charge < -0.3 is 9.40 Å². The van der Waals surface area contributed by atoms with Gasteiger partial charge in [-0.3, -0.25) is 0 Å². The number of rotatable bonds is 3. The summed E-state index contributed by atoms with van der Waals surface area (Å²) in [6.45, 7) is 3.91. The van der Waals surface area contributed by atoms with Crippen molar-refractivity contribution in [2.45, 2.75) is 13.8 Å². The number of nitrogens with zero attached hydrogens (tertiary/aromatic N) is 4. The normalized spacial score (nSPS) is 11.7. The van der Waals surface area contributed by atoms with Crippen molar-refractivity contribution in [2.75, 3.05) is 0 Å². The first-order valence-corrected chi connectivity index (χ1v) is 7.32. The van der Waals surface area contributed by atoms with E-state index in [0.29, 0.717) is 5.82 Å². The minimum Gasteiger partial charge on any atom is -0.460 e. The number of aromatic nitrogens is 5. The second kappa shape index (κ2) is 5.24. The highest BCUT2D eigenvalue weighted by atomic mass is 16.3. The Kier molecular flexibility index (Phi) is 3.08. The summed E-state index contributed by atoms with van der Waals surface area (Å²) in [5, 5.41) is 4.45.